The number of aliphatic hydroxyl groups excluding tert-OH is 1. The summed E-state index contributed by atoms with van der Waals surface area (Å²) in [6.07, 6.45) is 0.722. The number of amides is 3. The quantitative estimate of drug-likeness (QED) is 0.358. The number of likely N-dealkylation sites (tertiary alicyclic amines) is 1. The molecule has 2 aromatic carbocycles. The number of anilines is 1. The second-order valence-electron chi connectivity index (χ2n) is 10.5. The van der Waals surface area contributed by atoms with Crippen molar-refractivity contribution in [2.45, 2.75) is 43.0 Å². The van der Waals surface area contributed by atoms with Crippen LogP contribution in [0.4, 0.5) is 5.69 Å². The van der Waals surface area contributed by atoms with Crippen LogP contribution in [0.25, 0.3) is 11.0 Å². The summed E-state index contributed by atoms with van der Waals surface area (Å²) >= 11 is 1.59. The Morgan fingerprint density at radius 1 is 1.18 bits per heavy atom. The monoisotopic (exact) mass is 564 g/mol. The van der Waals surface area contributed by atoms with E-state index < -0.39 is 22.6 Å². The van der Waals surface area contributed by atoms with Crippen LogP contribution < -0.4 is 15.4 Å². The Labute approximate surface area is 235 Å². The van der Waals surface area contributed by atoms with Gasteiger partial charge in [0.2, 0.25) is 17.7 Å². The van der Waals surface area contributed by atoms with Crippen molar-refractivity contribution < 1.29 is 24.2 Å². The van der Waals surface area contributed by atoms with Gasteiger partial charge in [-0.15, -0.1) is 16.9 Å². The number of rotatable bonds is 9. The summed E-state index contributed by atoms with van der Waals surface area (Å²) in [7, 11) is 0. The first-order valence-electron chi connectivity index (χ1n) is 13.6. The molecule has 3 aliphatic heterocycles. The van der Waals surface area contributed by atoms with Gasteiger partial charge in [-0.2, -0.15) is 0 Å². The van der Waals surface area contributed by atoms with Gasteiger partial charge in [-0.25, -0.2) is 4.68 Å². The van der Waals surface area contributed by atoms with Gasteiger partial charge in [0.1, 0.15) is 24.0 Å². The van der Waals surface area contributed by atoms with E-state index in [1.54, 1.807) is 40.7 Å². The number of ether oxygens (including phenoxy) is 1. The largest absolute Gasteiger partial charge is 0.494 e. The maximum atomic E-state index is 13.9. The average Bonchev–Trinajstić information content (AvgIpc) is 3.66. The third-order valence-electron chi connectivity index (χ3n) is 8.39. The Bertz CT molecular complexity index is 1450. The molecule has 3 fully saturated rings. The summed E-state index contributed by atoms with van der Waals surface area (Å²) in [5, 5.41) is 24.0. The molecule has 40 heavy (non-hydrogen) atoms. The molecule has 3 saturated heterocycles. The Kier molecular flexibility index (Phi) is 6.91. The molecule has 0 radical (unpaired) electrons. The van der Waals surface area contributed by atoms with Crippen molar-refractivity contribution in [1.82, 2.24) is 25.2 Å². The molecule has 3 unspecified atom stereocenters. The molecule has 6 atom stereocenters. The van der Waals surface area contributed by atoms with Gasteiger partial charge in [0.15, 0.2) is 0 Å². The lowest BCUT2D eigenvalue weighted by molar-refractivity contribution is -0.139. The second kappa shape index (κ2) is 10.4. The lowest BCUT2D eigenvalue weighted by Crippen LogP contribution is -2.56. The van der Waals surface area contributed by atoms with Gasteiger partial charge in [0.25, 0.3) is 0 Å². The number of thioether (sulfide) groups is 1. The molecule has 1 spiro atoms. The lowest BCUT2D eigenvalue weighted by Gasteiger charge is -2.38. The Morgan fingerprint density at radius 2 is 1.95 bits per heavy atom. The molecule has 2 bridgehead atoms. The lowest BCUT2D eigenvalue weighted by atomic mass is 9.66. The summed E-state index contributed by atoms with van der Waals surface area (Å²) in [5.74, 6) is -1.32. The smallest absolute Gasteiger partial charge is 0.245 e. The van der Waals surface area contributed by atoms with Gasteiger partial charge in [0.05, 0.1) is 35.3 Å². The highest BCUT2D eigenvalue weighted by atomic mass is 32.2. The predicted octanol–water partition coefficient (Wildman–Crippen LogP) is 1.87. The van der Waals surface area contributed by atoms with E-state index in [-0.39, 0.29) is 48.7 Å². The van der Waals surface area contributed by atoms with Crippen LogP contribution in [0, 0.1) is 17.8 Å². The first-order chi connectivity index (χ1) is 19.4. The molecule has 12 heteroatoms. The summed E-state index contributed by atoms with van der Waals surface area (Å²) in [6.45, 7) is 4.33. The maximum Gasteiger partial charge on any atom is 0.245 e. The van der Waals surface area contributed by atoms with Crippen LogP contribution in [0.3, 0.4) is 0 Å². The third kappa shape index (κ3) is 4.12. The van der Waals surface area contributed by atoms with Crippen molar-refractivity contribution in [2.24, 2.45) is 17.8 Å². The molecular formula is C28H32N6O5S. The fraction of sp³-hybridized carbons (Fsp3) is 0.464. The van der Waals surface area contributed by atoms with Crippen molar-refractivity contribution in [2.75, 3.05) is 25.1 Å². The average molecular weight is 565 g/mol. The number of aromatic nitrogens is 3. The number of para-hydroxylation sites is 1. The summed E-state index contributed by atoms with van der Waals surface area (Å²) in [5.41, 5.74) is 2.12. The van der Waals surface area contributed by atoms with E-state index in [0.29, 0.717) is 23.6 Å². The van der Waals surface area contributed by atoms with Crippen LogP contribution in [0.2, 0.25) is 0 Å². The summed E-state index contributed by atoms with van der Waals surface area (Å²) < 4.78 is 6.32. The Morgan fingerprint density at radius 3 is 2.70 bits per heavy atom. The standard InChI is InChI=1S/C28H32N6O5S/c1-3-39-18-10-8-17(9-11-18)30-25(36)22-21-14-16(2)28(40-21)23(22)27(38)33(12-13-35)24(28)26(37)29-15-34-20-7-5-4-6-19(20)31-32-34/h4-11,16,21-24,35H,3,12-15H2,1-2H3,(H,29,37)(H,30,36)/t16?,21-,22+,23+,24?,28?/m1/s1. The number of carbonyl (C=O) groups excluding carboxylic acids is 3. The number of hydrogen-bond donors (Lipinski definition) is 3. The van der Waals surface area contributed by atoms with Gasteiger partial charge in [-0.05, 0) is 55.7 Å². The number of benzene rings is 2. The van der Waals surface area contributed by atoms with E-state index in [4.69, 9.17) is 4.74 Å². The summed E-state index contributed by atoms with van der Waals surface area (Å²) in [6, 6.07) is 13.8. The first kappa shape index (κ1) is 26.6. The highest BCUT2D eigenvalue weighted by Crippen LogP contribution is 2.68. The fourth-order valence-electron chi connectivity index (χ4n) is 6.78. The Hall–Kier alpha value is -3.64. The Balaban J connectivity index is 1.26. The molecule has 210 valence electrons. The minimum Gasteiger partial charge on any atom is -0.494 e. The van der Waals surface area contributed by atoms with E-state index >= 15 is 0 Å². The molecule has 3 aromatic rings. The molecule has 3 aliphatic rings. The molecule has 0 saturated carbocycles. The van der Waals surface area contributed by atoms with Crippen LogP contribution in [0.15, 0.2) is 48.5 Å². The summed E-state index contributed by atoms with van der Waals surface area (Å²) in [4.78, 5) is 42.9. The minimum absolute atomic E-state index is 0.0204. The third-order valence-corrected chi connectivity index (χ3v) is 10.5. The highest BCUT2D eigenvalue weighted by Gasteiger charge is 2.75. The maximum absolute atomic E-state index is 13.9. The number of fused-ring (bicyclic) bond motifs is 2. The molecule has 3 amide bonds. The fourth-order valence-corrected chi connectivity index (χ4v) is 9.20. The van der Waals surface area contributed by atoms with E-state index in [1.807, 2.05) is 31.2 Å². The molecule has 6 rings (SSSR count). The van der Waals surface area contributed by atoms with Gasteiger partial charge in [-0.3, -0.25) is 14.4 Å². The molecule has 3 N–H and O–H groups in total. The van der Waals surface area contributed by atoms with E-state index in [1.165, 1.54) is 4.90 Å². The molecule has 1 aromatic heterocycles. The first-order valence-corrected chi connectivity index (χ1v) is 14.5. The number of hydrogen-bond acceptors (Lipinski definition) is 8. The van der Waals surface area contributed by atoms with Crippen LogP contribution >= 0.6 is 11.8 Å². The number of β-amino-alcohol motifs (C(OH)–C–C–N with tert-alkyl or cyclic N) is 1. The topological polar surface area (TPSA) is 139 Å². The van der Waals surface area contributed by atoms with Crippen molar-refractivity contribution in [3.05, 3.63) is 48.5 Å². The van der Waals surface area contributed by atoms with Crippen LogP contribution in [0.5, 0.6) is 5.75 Å². The molecule has 11 nitrogen and oxygen atoms in total. The zero-order valence-electron chi connectivity index (χ0n) is 22.3. The van der Waals surface area contributed by atoms with Crippen LogP contribution in [-0.2, 0) is 21.1 Å². The minimum atomic E-state index is -0.819. The second-order valence-corrected chi connectivity index (χ2v) is 12.1. The number of carbonyl (C=O) groups is 3. The van der Waals surface area contributed by atoms with Gasteiger partial charge in [-0.1, -0.05) is 24.3 Å². The van der Waals surface area contributed by atoms with E-state index in [2.05, 4.69) is 27.9 Å². The van der Waals surface area contributed by atoms with Gasteiger partial charge in [0, 0.05) is 17.5 Å². The van der Waals surface area contributed by atoms with Crippen LogP contribution in [-0.4, -0.2) is 78.5 Å². The van der Waals surface area contributed by atoms with E-state index in [0.717, 1.165) is 11.9 Å². The molecular weight excluding hydrogens is 532 g/mol. The van der Waals surface area contributed by atoms with Gasteiger partial charge >= 0.3 is 0 Å². The SMILES string of the molecule is CCOc1ccc(NC(=O)[C@@H]2[C@H]3C(=O)N(CCO)C(C(=O)NCn4nnc5ccccc54)C34S[C@@H]2CC4C)cc1. The van der Waals surface area contributed by atoms with Crippen molar-refractivity contribution in [3.8, 4) is 5.75 Å². The van der Waals surface area contributed by atoms with E-state index in [9.17, 15) is 19.5 Å². The van der Waals surface area contributed by atoms with Crippen molar-refractivity contribution in [1.29, 1.82) is 0 Å². The zero-order valence-corrected chi connectivity index (χ0v) is 23.1. The normalized spacial score (nSPS) is 28.6. The number of nitrogens with zero attached hydrogens (tertiary/aromatic N) is 4. The zero-order chi connectivity index (χ0) is 28.0. The molecule has 4 heterocycles. The van der Waals surface area contributed by atoms with Crippen LogP contribution in [0.1, 0.15) is 20.3 Å². The molecule has 0 aliphatic carbocycles. The van der Waals surface area contributed by atoms with Crippen molar-refractivity contribution >= 4 is 46.2 Å². The van der Waals surface area contributed by atoms with Crippen molar-refractivity contribution in [3.63, 3.8) is 0 Å². The number of nitrogens with one attached hydrogen (secondary N) is 2. The number of aliphatic hydroxyl groups is 1. The van der Waals surface area contributed by atoms with Gasteiger partial charge < -0.3 is 25.4 Å². The predicted molar refractivity (Wildman–Crippen MR) is 149 cm³/mol. The highest BCUT2D eigenvalue weighted by molar-refractivity contribution is 8.02.